The highest BCUT2D eigenvalue weighted by Gasteiger charge is 2.35. The zero-order valence-electron chi connectivity index (χ0n) is 25.2. The Bertz CT molecular complexity index is 1650. The second-order valence-electron chi connectivity index (χ2n) is 11.1. The largest absolute Gasteiger partial charge is 0.354 e. The highest BCUT2D eigenvalue weighted by molar-refractivity contribution is 7.92. The first-order valence-corrected chi connectivity index (χ1v) is 16.4. The fourth-order valence-corrected chi connectivity index (χ4v) is 6.48. The van der Waals surface area contributed by atoms with Gasteiger partial charge in [-0.3, -0.25) is 13.9 Å². The molecular formula is C35H38ClN3O4S. The monoisotopic (exact) mass is 631 g/mol. The minimum atomic E-state index is -4.22. The molecule has 0 spiro atoms. The molecule has 0 aliphatic rings. The van der Waals surface area contributed by atoms with Gasteiger partial charge in [0.1, 0.15) is 12.6 Å². The highest BCUT2D eigenvalue weighted by atomic mass is 35.5. The molecule has 44 heavy (non-hydrogen) atoms. The van der Waals surface area contributed by atoms with Gasteiger partial charge in [0.15, 0.2) is 0 Å². The smallest absolute Gasteiger partial charge is 0.264 e. The third-order valence-corrected chi connectivity index (χ3v) is 9.25. The SMILES string of the molecule is Cc1ccc(S(=O)(=O)N(CC(=O)N(Cc2ccccc2)[C@H](Cc2ccccc2)C(=O)NCC(C)C)c2ccccc2Cl)cc1. The number of hydrogen-bond acceptors (Lipinski definition) is 4. The lowest BCUT2D eigenvalue weighted by Gasteiger charge is -2.34. The van der Waals surface area contributed by atoms with Gasteiger partial charge in [0.25, 0.3) is 10.0 Å². The third kappa shape index (κ3) is 8.49. The number of amides is 2. The fraction of sp³-hybridized carbons (Fsp3) is 0.257. The topological polar surface area (TPSA) is 86.8 Å². The maximum absolute atomic E-state index is 14.4. The lowest BCUT2D eigenvalue weighted by atomic mass is 10.0. The van der Waals surface area contributed by atoms with Gasteiger partial charge < -0.3 is 10.2 Å². The highest BCUT2D eigenvalue weighted by Crippen LogP contribution is 2.31. The first-order valence-electron chi connectivity index (χ1n) is 14.5. The Kier molecular flexibility index (Phi) is 11.2. The van der Waals surface area contributed by atoms with Crippen molar-refractivity contribution < 1.29 is 18.0 Å². The van der Waals surface area contributed by atoms with Crippen molar-refractivity contribution in [3.05, 3.63) is 131 Å². The van der Waals surface area contributed by atoms with Gasteiger partial charge >= 0.3 is 0 Å². The number of carbonyl (C=O) groups is 2. The molecule has 0 aliphatic heterocycles. The van der Waals surface area contributed by atoms with Crippen LogP contribution < -0.4 is 9.62 Å². The number of hydrogen-bond donors (Lipinski definition) is 1. The molecule has 0 aromatic heterocycles. The van der Waals surface area contributed by atoms with Crippen LogP contribution in [0.4, 0.5) is 5.69 Å². The number of halogens is 1. The molecule has 7 nitrogen and oxygen atoms in total. The summed E-state index contributed by atoms with van der Waals surface area (Å²) in [6.45, 7) is 5.84. The van der Waals surface area contributed by atoms with Crippen LogP contribution in [-0.2, 0) is 32.6 Å². The lowest BCUT2D eigenvalue weighted by Crippen LogP contribution is -2.53. The van der Waals surface area contributed by atoms with E-state index in [2.05, 4.69) is 5.32 Å². The normalized spacial score (nSPS) is 12.0. The Labute approximate surface area is 265 Å². The predicted molar refractivity (Wildman–Crippen MR) is 176 cm³/mol. The molecule has 1 N–H and O–H groups in total. The van der Waals surface area contributed by atoms with E-state index >= 15 is 0 Å². The van der Waals surface area contributed by atoms with Crippen LogP contribution in [-0.4, -0.2) is 44.3 Å². The van der Waals surface area contributed by atoms with Crippen molar-refractivity contribution in [2.24, 2.45) is 5.92 Å². The van der Waals surface area contributed by atoms with Gasteiger partial charge in [-0.1, -0.05) is 116 Å². The number of para-hydroxylation sites is 1. The second kappa shape index (κ2) is 15.0. The van der Waals surface area contributed by atoms with Gasteiger partial charge in [0.05, 0.1) is 15.6 Å². The summed E-state index contributed by atoms with van der Waals surface area (Å²) >= 11 is 6.53. The Morgan fingerprint density at radius 1 is 0.795 bits per heavy atom. The zero-order chi connectivity index (χ0) is 31.7. The maximum atomic E-state index is 14.4. The molecule has 4 aromatic rings. The van der Waals surface area contributed by atoms with Crippen LogP contribution in [0.15, 0.2) is 114 Å². The Balaban J connectivity index is 1.79. The van der Waals surface area contributed by atoms with Crippen molar-refractivity contribution in [3.8, 4) is 0 Å². The van der Waals surface area contributed by atoms with Crippen LogP contribution in [0.3, 0.4) is 0 Å². The van der Waals surface area contributed by atoms with E-state index in [1.165, 1.54) is 17.0 Å². The number of anilines is 1. The van der Waals surface area contributed by atoms with Gasteiger partial charge in [0.2, 0.25) is 11.8 Å². The lowest BCUT2D eigenvalue weighted by molar-refractivity contribution is -0.140. The average molecular weight is 632 g/mol. The van der Waals surface area contributed by atoms with E-state index in [1.54, 1.807) is 36.4 Å². The van der Waals surface area contributed by atoms with E-state index in [-0.39, 0.29) is 40.4 Å². The molecule has 9 heteroatoms. The fourth-order valence-electron chi connectivity index (χ4n) is 4.76. The summed E-state index contributed by atoms with van der Waals surface area (Å²) < 4.78 is 29.2. The van der Waals surface area contributed by atoms with Crippen LogP contribution in [0, 0.1) is 12.8 Å². The van der Waals surface area contributed by atoms with E-state index < -0.39 is 28.5 Å². The van der Waals surface area contributed by atoms with Crippen LogP contribution >= 0.6 is 11.6 Å². The third-order valence-electron chi connectivity index (χ3n) is 7.16. The number of aryl methyl sites for hydroxylation is 1. The zero-order valence-corrected chi connectivity index (χ0v) is 26.8. The number of nitrogens with one attached hydrogen (secondary N) is 1. The molecular weight excluding hydrogens is 594 g/mol. The molecule has 0 radical (unpaired) electrons. The molecule has 2 amide bonds. The Morgan fingerprint density at radius 2 is 1.36 bits per heavy atom. The predicted octanol–water partition coefficient (Wildman–Crippen LogP) is 6.26. The summed E-state index contributed by atoms with van der Waals surface area (Å²) in [4.78, 5) is 29.7. The molecule has 4 rings (SSSR count). The molecule has 0 saturated heterocycles. The summed E-state index contributed by atoms with van der Waals surface area (Å²) in [5.41, 5.74) is 2.75. The number of carbonyl (C=O) groups excluding carboxylic acids is 2. The molecule has 0 bridgehead atoms. The van der Waals surface area contributed by atoms with Crippen molar-refractivity contribution >= 4 is 39.1 Å². The van der Waals surface area contributed by atoms with Crippen LogP contribution in [0.5, 0.6) is 0 Å². The minimum Gasteiger partial charge on any atom is -0.354 e. The van der Waals surface area contributed by atoms with Crippen molar-refractivity contribution in [2.45, 2.75) is 44.7 Å². The van der Waals surface area contributed by atoms with E-state index in [0.29, 0.717) is 6.54 Å². The van der Waals surface area contributed by atoms with E-state index in [4.69, 9.17) is 11.6 Å². The quantitative estimate of drug-likeness (QED) is 0.189. The molecule has 0 saturated carbocycles. The summed E-state index contributed by atoms with van der Waals surface area (Å²) in [5, 5.41) is 3.17. The molecule has 230 valence electrons. The molecule has 4 aromatic carbocycles. The average Bonchev–Trinajstić information content (AvgIpc) is 3.02. The van der Waals surface area contributed by atoms with Crippen molar-refractivity contribution in [2.75, 3.05) is 17.4 Å². The molecule has 0 fully saturated rings. The van der Waals surface area contributed by atoms with Gasteiger partial charge in [0, 0.05) is 19.5 Å². The van der Waals surface area contributed by atoms with E-state index in [9.17, 15) is 18.0 Å². The maximum Gasteiger partial charge on any atom is 0.264 e. The van der Waals surface area contributed by atoms with E-state index in [1.807, 2.05) is 81.4 Å². The van der Waals surface area contributed by atoms with Crippen LogP contribution in [0.1, 0.15) is 30.5 Å². The van der Waals surface area contributed by atoms with Crippen LogP contribution in [0.25, 0.3) is 0 Å². The number of nitrogens with zero attached hydrogens (tertiary/aromatic N) is 2. The first kappa shape index (κ1) is 32.8. The van der Waals surface area contributed by atoms with Crippen molar-refractivity contribution in [3.63, 3.8) is 0 Å². The van der Waals surface area contributed by atoms with Gasteiger partial charge in [-0.25, -0.2) is 8.42 Å². The molecule has 0 aliphatic carbocycles. The van der Waals surface area contributed by atoms with Gasteiger partial charge in [-0.2, -0.15) is 0 Å². The van der Waals surface area contributed by atoms with E-state index in [0.717, 1.165) is 21.0 Å². The summed E-state index contributed by atoms with van der Waals surface area (Å²) in [5.74, 6) is -0.646. The van der Waals surface area contributed by atoms with Crippen molar-refractivity contribution in [1.29, 1.82) is 0 Å². The van der Waals surface area contributed by atoms with Crippen LogP contribution in [0.2, 0.25) is 5.02 Å². The summed E-state index contributed by atoms with van der Waals surface area (Å²) in [6.07, 6.45) is 0.250. The first-order chi connectivity index (χ1) is 21.1. The second-order valence-corrected chi connectivity index (χ2v) is 13.4. The number of benzene rings is 4. The van der Waals surface area contributed by atoms with Crippen molar-refractivity contribution in [1.82, 2.24) is 10.2 Å². The summed E-state index contributed by atoms with van der Waals surface area (Å²) in [6, 6.07) is 30.9. The number of rotatable bonds is 13. The number of sulfonamides is 1. The molecule has 1 atom stereocenters. The van der Waals surface area contributed by atoms with Gasteiger partial charge in [-0.15, -0.1) is 0 Å². The molecule has 0 unspecified atom stereocenters. The van der Waals surface area contributed by atoms with Gasteiger partial charge in [-0.05, 0) is 48.2 Å². The summed E-state index contributed by atoms with van der Waals surface area (Å²) in [7, 11) is -4.22. The molecule has 0 heterocycles. The Hall–Kier alpha value is -4.14. The standard InChI is InChI=1S/C35H38ClN3O4S/c1-26(2)23-37-35(41)33(22-28-12-6-4-7-13-28)38(24-29-14-8-5-9-15-29)34(40)25-39(32-17-11-10-16-31(32)36)44(42,43)30-20-18-27(3)19-21-30/h4-21,26,33H,22-25H2,1-3H3,(H,37,41)/t33-/m1/s1. The Morgan fingerprint density at radius 3 is 1.95 bits per heavy atom. The minimum absolute atomic E-state index is 0.0286.